The number of imidazole rings is 1. The maximum Gasteiger partial charge on any atom is 0.215 e. The molecule has 3 rings (SSSR count). The van der Waals surface area contributed by atoms with Crippen molar-refractivity contribution in [2.45, 2.75) is 18.4 Å². The van der Waals surface area contributed by atoms with Gasteiger partial charge in [-0.05, 0) is 12.1 Å². The van der Waals surface area contributed by atoms with Crippen LogP contribution in [-0.4, -0.2) is 36.0 Å². The van der Waals surface area contributed by atoms with Gasteiger partial charge in [0.25, 0.3) is 0 Å². The fourth-order valence-electron chi connectivity index (χ4n) is 2.56. The zero-order valence-corrected chi connectivity index (χ0v) is 13.5. The van der Waals surface area contributed by atoms with E-state index in [-0.39, 0.29) is 6.10 Å². The summed E-state index contributed by atoms with van der Waals surface area (Å²) >= 11 is 12.4. The summed E-state index contributed by atoms with van der Waals surface area (Å²) in [6.45, 7) is 1.33. The van der Waals surface area contributed by atoms with Gasteiger partial charge in [0.2, 0.25) is 5.79 Å². The molecular formula is C15H16Cl2N2O3. The average Bonchev–Trinajstić information content (AvgIpc) is 3.10. The molecule has 2 heterocycles. The van der Waals surface area contributed by atoms with E-state index in [4.69, 9.17) is 37.4 Å². The molecule has 1 aromatic carbocycles. The van der Waals surface area contributed by atoms with Gasteiger partial charge in [0.1, 0.15) is 6.10 Å². The molecule has 0 amide bonds. The Morgan fingerprint density at radius 3 is 3.00 bits per heavy atom. The summed E-state index contributed by atoms with van der Waals surface area (Å²) < 4.78 is 19.2. The molecule has 2 atom stereocenters. The number of ether oxygens (including phenoxy) is 3. The number of benzene rings is 1. The number of aromatic nitrogens is 2. The molecule has 0 radical (unpaired) electrons. The van der Waals surface area contributed by atoms with Crippen molar-refractivity contribution < 1.29 is 14.2 Å². The highest BCUT2D eigenvalue weighted by atomic mass is 35.5. The van der Waals surface area contributed by atoms with Crippen LogP contribution in [0.5, 0.6) is 0 Å². The normalized spacial score (nSPS) is 24.8. The molecule has 1 saturated heterocycles. The second kappa shape index (κ2) is 6.56. The number of methoxy groups -OCH3 is 1. The highest BCUT2D eigenvalue weighted by Gasteiger charge is 2.45. The summed E-state index contributed by atoms with van der Waals surface area (Å²) in [6.07, 6.45) is 5.11. The third-order valence-corrected chi connectivity index (χ3v) is 4.05. The van der Waals surface area contributed by atoms with E-state index in [1.54, 1.807) is 31.8 Å². The fourth-order valence-corrected chi connectivity index (χ4v) is 3.11. The van der Waals surface area contributed by atoms with E-state index < -0.39 is 5.79 Å². The highest BCUT2D eigenvalue weighted by Crippen LogP contribution is 2.40. The van der Waals surface area contributed by atoms with Crippen LogP contribution in [0, 0.1) is 0 Å². The van der Waals surface area contributed by atoms with Gasteiger partial charge in [-0.1, -0.05) is 29.3 Å². The number of rotatable bonds is 5. The first-order valence-electron chi connectivity index (χ1n) is 6.85. The zero-order valence-electron chi connectivity index (χ0n) is 12.0. The summed E-state index contributed by atoms with van der Waals surface area (Å²) in [5, 5.41) is 1.07. The second-order valence-electron chi connectivity index (χ2n) is 5.12. The predicted octanol–water partition coefficient (Wildman–Crippen LogP) is 3.10. The molecule has 0 N–H and O–H groups in total. The summed E-state index contributed by atoms with van der Waals surface area (Å²) in [6, 6.07) is 5.29. The molecule has 22 heavy (non-hydrogen) atoms. The van der Waals surface area contributed by atoms with E-state index in [9.17, 15) is 0 Å². The van der Waals surface area contributed by atoms with Crippen LogP contribution >= 0.6 is 23.2 Å². The van der Waals surface area contributed by atoms with Crippen LogP contribution in [0.15, 0.2) is 36.9 Å². The van der Waals surface area contributed by atoms with E-state index >= 15 is 0 Å². The molecule has 118 valence electrons. The van der Waals surface area contributed by atoms with Crippen molar-refractivity contribution in [1.82, 2.24) is 9.55 Å². The number of hydrogen-bond donors (Lipinski definition) is 0. The topological polar surface area (TPSA) is 45.5 Å². The lowest BCUT2D eigenvalue weighted by molar-refractivity contribution is -0.190. The minimum Gasteiger partial charge on any atom is -0.382 e. The van der Waals surface area contributed by atoms with Crippen molar-refractivity contribution in [2.75, 3.05) is 20.3 Å². The van der Waals surface area contributed by atoms with Crippen molar-refractivity contribution in [3.05, 3.63) is 52.5 Å². The standard InChI is InChI=1S/C15H16Cl2N2O3/c1-20-7-12-8-21-15(22-12,9-19-5-4-18-10-19)13-3-2-11(16)6-14(13)17/h2-6,10,12H,7-9H2,1H3. The molecule has 1 aliphatic heterocycles. The van der Waals surface area contributed by atoms with E-state index in [0.717, 1.165) is 5.56 Å². The van der Waals surface area contributed by atoms with Gasteiger partial charge >= 0.3 is 0 Å². The third kappa shape index (κ3) is 3.14. The lowest BCUT2D eigenvalue weighted by atomic mass is 10.1. The SMILES string of the molecule is COCC1COC(Cn2ccnc2)(c2ccc(Cl)cc2Cl)O1. The largest absolute Gasteiger partial charge is 0.382 e. The van der Waals surface area contributed by atoms with E-state index in [2.05, 4.69) is 4.98 Å². The predicted molar refractivity (Wildman–Crippen MR) is 83.1 cm³/mol. The average molecular weight is 343 g/mol. The second-order valence-corrected chi connectivity index (χ2v) is 5.96. The van der Waals surface area contributed by atoms with Gasteiger partial charge in [-0.3, -0.25) is 0 Å². The summed E-state index contributed by atoms with van der Waals surface area (Å²) in [5.41, 5.74) is 0.742. The molecule has 0 spiro atoms. The van der Waals surface area contributed by atoms with Crippen LogP contribution in [0.4, 0.5) is 0 Å². The molecule has 0 bridgehead atoms. The van der Waals surface area contributed by atoms with Crippen molar-refractivity contribution in [3.8, 4) is 0 Å². The molecule has 2 aromatic rings. The molecular weight excluding hydrogens is 327 g/mol. The van der Waals surface area contributed by atoms with Crippen LogP contribution in [0.1, 0.15) is 5.56 Å². The van der Waals surface area contributed by atoms with Gasteiger partial charge in [-0.25, -0.2) is 4.98 Å². The molecule has 1 fully saturated rings. The zero-order chi connectivity index (χ0) is 15.6. The Bertz CT molecular complexity index is 636. The lowest BCUT2D eigenvalue weighted by Gasteiger charge is -2.29. The highest BCUT2D eigenvalue weighted by molar-refractivity contribution is 6.35. The maximum atomic E-state index is 6.36. The Morgan fingerprint density at radius 1 is 1.45 bits per heavy atom. The molecule has 2 unspecified atom stereocenters. The fraction of sp³-hybridized carbons (Fsp3) is 0.400. The Balaban J connectivity index is 1.96. The first-order valence-corrected chi connectivity index (χ1v) is 7.60. The van der Waals surface area contributed by atoms with Gasteiger partial charge in [0.15, 0.2) is 0 Å². The van der Waals surface area contributed by atoms with E-state index in [0.29, 0.717) is 29.8 Å². The molecule has 0 aliphatic carbocycles. The smallest absolute Gasteiger partial charge is 0.215 e. The van der Waals surface area contributed by atoms with Crippen molar-refractivity contribution in [2.24, 2.45) is 0 Å². The maximum absolute atomic E-state index is 6.36. The summed E-state index contributed by atoms with van der Waals surface area (Å²) in [7, 11) is 1.63. The Morgan fingerprint density at radius 2 is 2.32 bits per heavy atom. The van der Waals surface area contributed by atoms with Crippen LogP contribution in [0.3, 0.4) is 0 Å². The van der Waals surface area contributed by atoms with Crippen molar-refractivity contribution >= 4 is 23.2 Å². The monoisotopic (exact) mass is 342 g/mol. The number of hydrogen-bond acceptors (Lipinski definition) is 4. The molecule has 1 aromatic heterocycles. The number of halogens is 2. The van der Waals surface area contributed by atoms with E-state index in [1.807, 2.05) is 16.8 Å². The van der Waals surface area contributed by atoms with Crippen LogP contribution in [0.25, 0.3) is 0 Å². The Labute approximate surface area is 138 Å². The Kier molecular flexibility index (Phi) is 4.70. The van der Waals surface area contributed by atoms with Crippen LogP contribution in [-0.2, 0) is 26.5 Å². The quantitative estimate of drug-likeness (QED) is 0.837. The molecule has 7 heteroatoms. The minimum absolute atomic E-state index is 0.153. The van der Waals surface area contributed by atoms with Crippen molar-refractivity contribution in [3.63, 3.8) is 0 Å². The minimum atomic E-state index is -0.981. The van der Waals surface area contributed by atoms with Gasteiger partial charge in [0, 0.05) is 30.1 Å². The first-order chi connectivity index (χ1) is 10.6. The summed E-state index contributed by atoms with van der Waals surface area (Å²) in [5.74, 6) is -0.981. The third-order valence-electron chi connectivity index (χ3n) is 3.50. The van der Waals surface area contributed by atoms with Gasteiger partial charge in [-0.15, -0.1) is 0 Å². The van der Waals surface area contributed by atoms with Crippen molar-refractivity contribution in [1.29, 1.82) is 0 Å². The molecule has 1 aliphatic rings. The van der Waals surface area contributed by atoms with Gasteiger partial charge < -0.3 is 18.8 Å². The first kappa shape index (κ1) is 15.8. The molecule has 0 saturated carbocycles. The molecule has 5 nitrogen and oxygen atoms in total. The summed E-state index contributed by atoms with van der Waals surface area (Å²) in [4.78, 5) is 4.05. The number of nitrogens with zero attached hydrogens (tertiary/aromatic N) is 2. The lowest BCUT2D eigenvalue weighted by Crippen LogP contribution is -2.34. The van der Waals surface area contributed by atoms with Gasteiger partial charge in [0.05, 0.1) is 31.1 Å². The Hall–Kier alpha value is -1.11. The van der Waals surface area contributed by atoms with E-state index in [1.165, 1.54) is 0 Å². The van der Waals surface area contributed by atoms with Crippen LogP contribution < -0.4 is 0 Å². The van der Waals surface area contributed by atoms with Gasteiger partial charge in [-0.2, -0.15) is 0 Å². The van der Waals surface area contributed by atoms with Crippen LogP contribution in [0.2, 0.25) is 10.0 Å².